The third-order valence-corrected chi connectivity index (χ3v) is 3.85. The van der Waals surface area contributed by atoms with Gasteiger partial charge in [-0.05, 0) is 49.6 Å². The lowest BCUT2D eigenvalue weighted by Crippen LogP contribution is -2.25. The van der Waals surface area contributed by atoms with Gasteiger partial charge in [-0.1, -0.05) is 24.3 Å². The predicted molar refractivity (Wildman–Crippen MR) is 92.7 cm³/mol. The zero-order chi connectivity index (χ0) is 16.9. The maximum absolute atomic E-state index is 11.9. The Bertz CT molecular complexity index is 955. The molecule has 0 saturated carbocycles. The third-order valence-electron chi connectivity index (χ3n) is 3.85. The van der Waals surface area contributed by atoms with Crippen LogP contribution in [0.1, 0.15) is 18.4 Å². The van der Waals surface area contributed by atoms with Gasteiger partial charge in [-0.25, -0.2) is 9.59 Å². The van der Waals surface area contributed by atoms with Gasteiger partial charge in [0.2, 0.25) is 0 Å². The minimum atomic E-state index is -0.613. The van der Waals surface area contributed by atoms with Crippen LogP contribution < -0.4 is 16.1 Å². The summed E-state index contributed by atoms with van der Waals surface area (Å²) in [4.78, 5) is 23.7. The molecule has 0 aliphatic carbocycles. The van der Waals surface area contributed by atoms with Crippen molar-refractivity contribution in [3.05, 3.63) is 75.1 Å². The summed E-state index contributed by atoms with van der Waals surface area (Å²) in [5.41, 5.74) is 1.18. The molecule has 2 aromatic carbocycles. The van der Waals surface area contributed by atoms with Crippen LogP contribution in [0, 0.1) is 6.92 Å². The Balaban J connectivity index is 1.62. The van der Waals surface area contributed by atoms with E-state index >= 15 is 0 Å². The molecule has 0 aliphatic heterocycles. The van der Waals surface area contributed by atoms with Crippen LogP contribution in [0.2, 0.25) is 0 Å². The van der Waals surface area contributed by atoms with Crippen molar-refractivity contribution in [1.82, 2.24) is 4.57 Å². The summed E-state index contributed by atoms with van der Waals surface area (Å²) in [5.74, 6) is 0.238. The Labute approximate surface area is 139 Å². The van der Waals surface area contributed by atoms with Gasteiger partial charge >= 0.3 is 11.4 Å². The summed E-state index contributed by atoms with van der Waals surface area (Å²) in [6.07, 6.45) is 1.55. The highest BCUT2D eigenvalue weighted by Crippen LogP contribution is 2.13. The molecule has 24 heavy (non-hydrogen) atoms. The van der Waals surface area contributed by atoms with Crippen LogP contribution in [0.25, 0.3) is 10.9 Å². The summed E-state index contributed by atoms with van der Waals surface area (Å²) >= 11 is 0. The Morgan fingerprint density at radius 2 is 1.88 bits per heavy atom. The summed E-state index contributed by atoms with van der Waals surface area (Å²) in [6.45, 7) is 3.08. The topological polar surface area (TPSA) is 61.4 Å². The highest BCUT2D eigenvalue weighted by molar-refractivity contribution is 5.77. The molecule has 0 saturated heterocycles. The molecule has 0 bridgehead atoms. The Hall–Kier alpha value is -2.82. The van der Waals surface area contributed by atoms with Gasteiger partial charge in [0.15, 0.2) is 0 Å². The number of ether oxygens (including phenoxy) is 1. The number of unbranched alkanes of at least 4 members (excludes halogenated alkanes) is 1. The standard InChI is InChI=1S/C19H19NO4/c1-14-7-6-8-15(13-14)23-12-5-4-11-20-17-10-3-2-9-16(17)18(21)24-19(20)22/h2-3,6-10,13H,4-5,11-12H2,1H3. The maximum Gasteiger partial charge on any atom is 0.422 e. The second-order valence-corrected chi connectivity index (χ2v) is 5.70. The average Bonchev–Trinajstić information content (AvgIpc) is 2.57. The molecule has 0 atom stereocenters. The second kappa shape index (κ2) is 7.17. The van der Waals surface area contributed by atoms with Crippen LogP contribution >= 0.6 is 0 Å². The molecule has 0 N–H and O–H groups in total. The van der Waals surface area contributed by atoms with E-state index in [0.29, 0.717) is 24.1 Å². The lowest BCUT2D eigenvalue weighted by Gasteiger charge is -2.09. The van der Waals surface area contributed by atoms with Crippen LogP contribution in [0.3, 0.4) is 0 Å². The van der Waals surface area contributed by atoms with Gasteiger partial charge in [0.1, 0.15) is 5.75 Å². The lowest BCUT2D eigenvalue weighted by atomic mass is 10.2. The third kappa shape index (κ3) is 3.56. The number of hydrogen-bond donors (Lipinski definition) is 0. The molecule has 3 aromatic rings. The average molecular weight is 325 g/mol. The quantitative estimate of drug-likeness (QED) is 0.653. The number of benzene rings is 2. The second-order valence-electron chi connectivity index (χ2n) is 5.70. The van der Waals surface area contributed by atoms with E-state index in [9.17, 15) is 9.59 Å². The SMILES string of the molecule is Cc1cccc(OCCCCn2c(=O)oc(=O)c3ccccc32)c1. The fraction of sp³-hybridized carbons (Fsp3) is 0.263. The van der Waals surface area contributed by atoms with Gasteiger partial charge in [0, 0.05) is 6.54 Å². The summed E-state index contributed by atoms with van der Waals surface area (Å²) < 4.78 is 12.0. The molecule has 0 radical (unpaired) electrons. The van der Waals surface area contributed by atoms with E-state index in [1.807, 2.05) is 31.2 Å². The van der Waals surface area contributed by atoms with E-state index in [2.05, 4.69) is 0 Å². The van der Waals surface area contributed by atoms with Crippen LogP contribution in [0.15, 0.2) is 62.5 Å². The highest BCUT2D eigenvalue weighted by Gasteiger charge is 2.08. The first-order valence-corrected chi connectivity index (χ1v) is 7.97. The van der Waals surface area contributed by atoms with E-state index in [-0.39, 0.29) is 0 Å². The van der Waals surface area contributed by atoms with Crippen molar-refractivity contribution in [3.8, 4) is 5.75 Å². The first-order chi connectivity index (χ1) is 11.6. The van der Waals surface area contributed by atoms with Crippen molar-refractivity contribution in [3.63, 3.8) is 0 Å². The minimum absolute atomic E-state index is 0.424. The van der Waals surface area contributed by atoms with Crippen molar-refractivity contribution in [2.75, 3.05) is 6.61 Å². The molecule has 0 fully saturated rings. The molecule has 124 valence electrons. The van der Waals surface area contributed by atoms with Crippen molar-refractivity contribution in [2.45, 2.75) is 26.3 Å². The molecule has 0 aliphatic rings. The van der Waals surface area contributed by atoms with Crippen LogP contribution in [-0.4, -0.2) is 11.2 Å². The monoisotopic (exact) mass is 325 g/mol. The molecule has 5 heteroatoms. The van der Waals surface area contributed by atoms with E-state index in [1.165, 1.54) is 4.57 Å². The number of aromatic nitrogens is 1. The van der Waals surface area contributed by atoms with E-state index < -0.39 is 11.4 Å². The van der Waals surface area contributed by atoms with Gasteiger partial charge < -0.3 is 9.15 Å². The molecule has 1 aromatic heterocycles. The first-order valence-electron chi connectivity index (χ1n) is 7.97. The maximum atomic E-state index is 11.9. The van der Waals surface area contributed by atoms with Crippen LogP contribution in [-0.2, 0) is 6.54 Å². The normalized spacial score (nSPS) is 10.9. The van der Waals surface area contributed by atoms with Gasteiger partial charge in [0.25, 0.3) is 0 Å². The van der Waals surface area contributed by atoms with Gasteiger partial charge in [0.05, 0.1) is 17.5 Å². The molecule has 0 amide bonds. The summed E-state index contributed by atoms with van der Waals surface area (Å²) in [7, 11) is 0. The number of hydrogen-bond acceptors (Lipinski definition) is 4. The van der Waals surface area contributed by atoms with Gasteiger partial charge in [-0.2, -0.15) is 0 Å². The fourth-order valence-electron chi connectivity index (χ4n) is 2.65. The zero-order valence-corrected chi connectivity index (χ0v) is 13.5. The van der Waals surface area contributed by atoms with Gasteiger partial charge in [-0.15, -0.1) is 0 Å². The van der Waals surface area contributed by atoms with Crippen molar-refractivity contribution in [2.24, 2.45) is 0 Å². The van der Waals surface area contributed by atoms with Crippen LogP contribution in [0.5, 0.6) is 5.75 Å². The van der Waals surface area contributed by atoms with Crippen molar-refractivity contribution < 1.29 is 9.15 Å². The Kier molecular flexibility index (Phi) is 4.79. The molecule has 3 rings (SSSR count). The number of aryl methyl sites for hydroxylation is 2. The molecular weight excluding hydrogens is 306 g/mol. The number of para-hydroxylation sites is 1. The van der Waals surface area contributed by atoms with Gasteiger partial charge in [-0.3, -0.25) is 4.57 Å². The number of fused-ring (bicyclic) bond motifs is 1. The predicted octanol–water partition coefficient (Wildman–Crippen LogP) is 3.12. The minimum Gasteiger partial charge on any atom is -0.494 e. The number of nitrogens with zero attached hydrogens (tertiary/aromatic N) is 1. The molecule has 5 nitrogen and oxygen atoms in total. The van der Waals surface area contributed by atoms with E-state index in [1.54, 1.807) is 24.3 Å². The fourth-order valence-corrected chi connectivity index (χ4v) is 2.65. The molecule has 0 spiro atoms. The lowest BCUT2D eigenvalue weighted by molar-refractivity contribution is 0.300. The van der Waals surface area contributed by atoms with Crippen LogP contribution in [0.4, 0.5) is 0 Å². The number of rotatable bonds is 6. The zero-order valence-electron chi connectivity index (χ0n) is 13.5. The summed E-state index contributed by atoms with van der Waals surface area (Å²) in [5, 5.41) is 0.424. The largest absolute Gasteiger partial charge is 0.494 e. The Morgan fingerprint density at radius 3 is 2.71 bits per heavy atom. The van der Waals surface area contributed by atoms with E-state index in [0.717, 1.165) is 24.2 Å². The van der Waals surface area contributed by atoms with E-state index in [4.69, 9.17) is 9.15 Å². The summed E-state index contributed by atoms with van der Waals surface area (Å²) in [6, 6.07) is 14.9. The van der Waals surface area contributed by atoms with Crippen molar-refractivity contribution >= 4 is 10.9 Å². The molecule has 1 heterocycles. The molecule has 0 unspecified atom stereocenters. The van der Waals surface area contributed by atoms with Crippen molar-refractivity contribution in [1.29, 1.82) is 0 Å². The smallest absolute Gasteiger partial charge is 0.422 e. The first kappa shape index (κ1) is 16.1. The molecular formula is C19H19NO4. The highest BCUT2D eigenvalue weighted by atomic mass is 16.5. The Morgan fingerprint density at radius 1 is 1.04 bits per heavy atom.